The highest BCUT2D eigenvalue weighted by molar-refractivity contribution is 6.06. The van der Waals surface area contributed by atoms with Gasteiger partial charge in [-0.15, -0.1) is 0 Å². The summed E-state index contributed by atoms with van der Waals surface area (Å²) in [6.07, 6.45) is 7.84. The first-order valence-electron chi connectivity index (χ1n) is 8.39. The third-order valence-corrected chi connectivity index (χ3v) is 5.35. The van der Waals surface area contributed by atoms with E-state index in [9.17, 15) is 14.4 Å². The molecule has 2 bridgehead atoms. The molecule has 3 amide bonds. The Morgan fingerprint density at radius 1 is 1.12 bits per heavy atom. The standard InChI is InChI=1S/C18H19N3O3/c22-14(20-13-3-1-2-9-19-13)8-10-21-17(23)15-11-4-5-12(7-6-11)16(15)18(21)24/h1-5,9,11-12,15-16H,6-8,10H2,(H,19,20,22)/t11-,12-,15+,16+/m0/s1. The molecule has 1 aliphatic heterocycles. The fraction of sp³-hybridized carbons (Fsp3) is 0.444. The number of hydrogen-bond donors (Lipinski definition) is 1. The van der Waals surface area contributed by atoms with E-state index < -0.39 is 0 Å². The molecule has 0 radical (unpaired) electrons. The van der Waals surface area contributed by atoms with E-state index in [-0.39, 0.29) is 54.4 Å². The van der Waals surface area contributed by atoms with Gasteiger partial charge in [0.1, 0.15) is 5.82 Å². The number of aromatic nitrogens is 1. The highest BCUT2D eigenvalue weighted by Gasteiger charge is 2.56. The Morgan fingerprint density at radius 3 is 2.33 bits per heavy atom. The monoisotopic (exact) mass is 325 g/mol. The third-order valence-electron chi connectivity index (χ3n) is 5.35. The normalized spacial score (nSPS) is 30.6. The average Bonchev–Trinajstić information content (AvgIpc) is 2.88. The van der Waals surface area contributed by atoms with E-state index in [1.807, 2.05) is 0 Å². The number of nitrogens with zero attached hydrogens (tertiary/aromatic N) is 2. The lowest BCUT2D eigenvalue weighted by atomic mass is 9.63. The van der Waals surface area contributed by atoms with Gasteiger partial charge in [0.2, 0.25) is 17.7 Å². The second kappa shape index (κ2) is 5.85. The minimum atomic E-state index is -0.245. The van der Waals surface area contributed by atoms with Gasteiger partial charge in [0.15, 0.2) is 0 Å². The Labute approximate surface area is 139 Å². The van der Waals surface area contributed by atoms with E-state index in [2.05, 4.69) is 22.5 Å². The maximum Gasteiger partial charge on any atom is 0.233 e. The van der Waals surface area contributed by atoms with E-state index in [0.717, 1.165) is 12.8 Å². The van der Waals surface area contributed by atoms with Crippen LogP contribution in [0.5, 0.6) is 0 Å². The molecule has 6 nitrogen and oxygen atoms in total. The minimum absolute atomic E-state index is 0.0935. The second-order valence-corrected chi connectivity index (χ2v) is 6.68. The van der Waals surface area contributed by atoms with Crippen LogP contribution in [-0.2, 0) is 14.4 Å². The van der Waals surface area contributed by atoms with Crippen LogP contribution < -0.4 is 5.32 Å². The van der Waals surface area contributed by atoms with Gasteiger partial charge < -0.3 is 5.32 Å². The van der Waals surface area contributed by atoms with Crippen LogP contribution in [0.15, 0.2) is 36.5 Å². The number of rotatable bonds is 4. The minimum Gasteiger partial charge on any atom is -0.311 e. The maximum atomic E-state index is 12.6. The molecular formula is C18H19N3O3. The van der Waals surface area contributed by atoms with Gasteiger partial charge in [-0.1, -0.05) is 18.2 Å². The number of carbonyl (C=O) groups is 3. The second-order valence-electron chi connectivity index (χ2n) is 6.68. The van der Waals surface area contributed by atoms with Crippen molar-refractivity contribution in [3.05, 3.63) is 36.5 Å². The summed E-state index contributed by atoms with van der Waals surface area (Å²) in [5.74, 6) is -0.0278. The van der Waals surface area contributed by atoms with Crippen molar-refractivity contribution in [3.8, 4) is 0 Å². The SMILES string of the molecule is O=C(CCN1C(=O)[C@H]2[C@H](C1=O)[C@H]1C=C[C@H]2CC1)Nc1ccccn1. The lowest BCUT2D eigenvalue weighted by Gasteiger charge is -2.38. The molecule has 0 unspecified atom stereocenters. The van der Waals surface area contributed by atoms with Gasteiger partial charge in [-0.3, -0.25) is 19.3 Å². The smallest absolute Gasteiger partial charge is 0.233 e. The molecule has 24 heavy (non-hydrogen) atoms. The van der Waals surface area contributed by atoms with Crippen molar-refractivity contribution in [2.45, 2.75) is 19.3 Å². The quantitative estimate of drug-likeness (QED) is 0.674. The average molecular weight is 325 g/mol. The number of anilines is 1. The van der Waals surface area contributed by atoms with Crippen molar-refractivity contribution in [2.24, 2.45) is 23.7 Å². The lowest BCUT2D eigenvalue weighted by Crippen LogP contribution is -2.38. The van der Waals surface area contributed by atoms with E-state index in [1.54, 1.807) is 24.4 Å². The highest BCUT2D eigenvalue weighted by atomic mass is 16.2. The van der Waals surface area contributed by atoms with E-state index in [4.69, 9.17) is 0 Å². The summed E-state index contributed by atoms with van der Waals surface area (Å²) in [4.78, 5) is 42.6. The Kier molecular flexibility index (Phi) is 3.67. The summed E-state index contributed by atoms with van der Waals surface area (Å²) in [6, 6.07) is 5.24. The van der Waals surface area contributed by atoms with E-state index in [0.29, 0.717) is 5.82 Å². The highest BCUT2D eigenvalue weighted by Crippen LogP contribution is 2.49. The first-order valence-corrected chi connectivity index (χ1v) is 8.39. The number of hydrogen-bond acceptors (Lipinski definition) is 4. The Balaban J connectivity index is 1.40. The number of imide groups is 1. The van der Waals surface area contributed by atoms with Gasteiger partial charge in [0.05, 0.1) is 11.8 Å². The molecule has 2 heterocycles. The molecular weight excluding hydrogens is 306 g/mol. The lowest BCUT2D eigenvalue weighted by molar-refractivity contribution is -0.140. The maximum absolute atomic E-state index is 12.6. The predicted octanol–water partition coefficient (Wildman–Crippen LogP) is 1.61. The molecule has 4 atom stereocenters. The van der Waals surface area contributed by atoms with Crippen LogP contribution >= 0.6 is 0 Å². The molecule has 1 saturated heterocycles. The summed E-state index contributed by atoms with van der Waals surface area (Å²) in [6.45, 7) is 0.142. The third kappa shape index (κ3) is 2.42. The van der Waals surface area contributed by atoms with Crippen molar-refractivity contribution in [3.63, 3.8) is 0 Å². The van der Waals surface area contributed by atoms with Gasteiger partial charge in [-0.05, 0) is 36.8 Å². The molecule has 1 aromatic heterocycles. The zero-order chi connectivity index (χ0) is 16.7. The van der Waals surface area contributed by atoms with Gasteiger partial charge in [0, 0.05) is 19.2 Å². The fourth-order valence-electron chi connectivity index (χ4n) is 4.21. The van der Waals surface area contributed by atoms with Crippen molar-refractivity contribution in [2.75, 3.05) is 11.9 Å². The number of nitrogens with one attached hydrogen (secondary N) is 1. The van der Waals surface area contributed by atoms with Crippen LogP contribution in [0.1, 0.15) is 19.3 Å². The number of carbonyl (C=O) groups excluding carboxylic acids is 3. The number of fused-ring (bicyclic) bond motifs is 1. The largest absolute Gasteiger partial charge is 0.311 e. The summed E-state index contributed by atoms with van der Waals surface area (Å²) >= 11 is 0. The number of pyridine rings is 1. The van der Waals surface area contributed by atoms with Crippen LogP contribution in [0.3, 0.4) is 0 Å². The molecule has 1 saturated carbocycles. The molecule has 124 valence electrons. The van der Waals surface area contributed by atoms with E-state index >= 15 is 0 Å². The van der Waals surface area contributed by atoms with Crippen LogP contribution in [0.2, 0.25) is 0 Å². The molecule has 0 aromatic carbocycles. The summed E-state index contributed by atoms with van der Waals surface area (Å²) in [5, 5.41) is 2.68. The molecule has 1 N–H and O–H groups in total. The molecule has 3 aliphatic carbocycles. The Morgan fingerprint density at radius 2 is 1.79 bits per heavy atom. The van der Waals surface area contributed by atoms with Crippen LogP contribution in [0, 0.1) is 23.7 Å². The van der Waals surface area contributed by atoms with Gasteiger partial charge in [0.25, 0.3) is 0 Å². The molecule has 1 aromatic rings. The topological polar surface area (TPSA) is 79.4 Å². The predicted molar refractivity (Wildman–Crippen MR) is 86.5 cm³/mol. The van der Waals surface area contributed by atoms with E-state index in [1.165, 1.54) is 4.90 Å². The van der Waals surface area contributed by atoms with Crippen LogP contribution in [-0.4, -0.2) is 34.2 Å². The summed E-state index contributed by atoms with van der Waals surface area (Å²) in [5.41, 5.74) is 0. The van der Waals surface area contributed by atoms with Crippen molar-refractivity contribution >= 4 is 23.5 Å². The van der Waals surface area contributed by atoms with Crippen molar-refractivity contribution < 1.29 is 14.4 Å². The first kappa shape index (κ1) is 15.1. The van der Waals surface area contributed by atoms with Crippen molar-refractivity contribution in [1.29, 1.82) is 0 Å². The van der Waals surface area contributed by atoms with Gasteiger partial charge in [-0.25, -0.2) is 4.98 Å². The van der Waals surface area contributed by atoms with Crippen LogP contribution in [0.4, 0.5) is 5.82 Å². The summed E-state index contributed by atoms with van der Waals surface area (Å²) in [7, 11) is 0. The van der Waals surface area contributed by atoms with Gasteiger partial charge >= 0.3 is 0 Å². The Bertz CT molecular complexity index is 683. The zero-order valence-electron chi connectivity index (χ0n) is 13.2. The number of allylic oxidation sites excluding steroid dienone is 2. The zero-order valence-corrected chi connectivity index (χ0v) is 13.2. The van der Waals surface area contributed by atoms with Crippen molar-refractivity contribution in [1.82, 2.24) is 9.88 Å². The number of amides is 3. The molecule has 0 spiro atoms. The Hall–Kier alpha value is -2.50. The summed E-state index contributed by atoms with van der Waals surface area (Å²) < 4.78 is 0. The van der Waals surface area contributed by atoms with Gasteiger partial charge in [-0.2, -0.15) is 0 Å². The molecule has 6 heteroatoms. The number of likely N-dealkylation sites (tertiary alicyclic amines) is 1. The first-order chi connectivity index (χ1) is 11.6. The molecule has 2 fully saturated rings. The van der Waals surface area contributed by atoms with Crippen LogP contribution in [0.25, 0.3) is 0 Å². The molecule has 5 rings (SSSR count). The fourth-order valence-corrected chi connectivity index (χ4v) is 4.21. The molecule has 4 aliphatic rings.